The molecule has 0 saturated carbocycles. The summed E-state index contributed by atoms with van der Waals surface area (Å²) in [5.41, 5.74) is 8.64. The fourth-order valence-electron chi connectivity index (χ4n) is 3.03. The zero-order chi connectivity index (χ0) is 18.6. The first-order valence-corrected chi connectivity index (χ1v) is 8.53. The van der Waals surface area contributed by atoms with Gasteiger partial charge in [-0.2, -0.15) is 10.2 Å². The minimum Gasteiger partial charge on any atom is -0.488 e. The molecule has 1 heterocycles. The third kappa shape index (κ3) is 3.48. The van der Waals surface area contributed by atoms with Crippen LogP contribution in [0.25, 0.3) is 21.9 Å². The lowest BCUT2D eigenvalue weighted by atomic mass is 9.98. The average molecular weight is 355 g/mol. The number of benzene rings is 3. The van der Waals surface area contributed by atoms with Crippen molar-refractivity contribution in [3.05, 3.63) is 90.3 Å². The maximum atomic E-state index is 11.2. The van der Waals surface area contributed by atoms with Gasteiger partial charge in [0.1, 0.15) is 12.4 Å². The van der Waals surface area contributed by atoms with Gasteiger partial charge in [-0.05, 0) is 40.6 Å². The van der Waals surface area contributed by atoms with E-state index in [4.69, 9.17) is 10.5 Å². The highest BCUT2D eigenvalue weighted by molar-refractivity contribution is 5.99. The molecule has 132 valence electrons. The van der Waals surface area contributed by atoms with Gasteiger partial charge in [-0.15, -0.1) is 0 Å². The Morgan fingerprint density at radius 2 is 1.74 bits per heavy atom. The predicted molar refractivity (Wildman–Crippen MR) is 104 cm³/mol. The summed E-state index contributed by atoms with van der Waals surface area (Å²) in [4.78, 5) is 11.2. The van der Waals surface area contributed by atoms with E-state index in [2.05, 4.69) is 22.3 Å². The standard InChI is InChI=1S/C22H17N3O2/c23-22(26)17-7-5-15(6-8-17)14-27-20-10-9-16-3-1-2-4-19(16)21(20)18-11-12-24-25-13-18/h1-13H,14H2,(H2,23,26). The van der Waals surface area contributed by atoms with Crippen LogP contribution in [0.3, 0.4) is 0 Å². The van der Waals surface area contributed by atoms with Crippen molar-refractivity contribution in [2.24, 2.45) is 5.73 Å². The van der Waals surface area contributed by atoms with Crippen LogP contribution in [0, 0.1) is 0 Å². The van der Waals surface area contributed by atoms with E-state index in [1.165, 1.54) is 0 Å². The number of amides is 1. The monoisotopic (exact) mass is 355 g/mol. The molecule has 1 amide bonds. The predicted octanol–water partition coefficient (Wildman–Crippen LogP) is 3.97. The molecular formula is C22H17N3O2. The van der Waals surface area contributed by atoms with Crippen molar-refractivity contribution in [2.45, 2.75) is 6.61 Å². The van der Waals surface area contributed by atoms with Crippen LogP contribution in [-0.4, -0.2) is 16.1 Å². The summed E-state index contributed by atoms with van der Waals surface area (Å²) < 4.78 is 6.12. The molecule has 0 bridgehead atoms. The topological polar surface area (TPSA) is 78.1 Å². The maximum absolute atomic E-state index is 11.2. The number of carbonyl (C=O) groups is 1. The summed E-state index contributed by atoms with van der Waals surface area (Å²) in [7, 11) is 0. The van der Waals surface area contributed by atoms with Gasteiger partial charge in [0.2, 0.25) is 5.91 Å². The molecular weight excluding hydrogens is 338 g/mol. The Kier molecular flexibility index (Phi) is 4.49. The summed E-state index contributed by atoms with van der Waals surface area (Å²) in [5.74, 6) is 0.324. The van der Waals surface area contributed by atoms with Gasteiger partial charge in [-0.1, -0.05) is 42.5 Å². The van der Waals surface area contributed by atoms with E-state index < -0.39 is 5.91 Å². The SMILES string of the molecule is NC(=O)c1ccc(COc2ccc3ccccc3c2-c2ccnnc2)cc1. The third-order valence-electron chi connectivity index (χ3n) is 4.40. The zero-order valence-corrected chi connectivity index (χ0v) is 14.5. The smallest absolute Gasteiger partial charge is 0.248 e. The van der Waals surface area contributed by atoms with E-state index in [9.17, 15) is 4.79 Å². The van der Waals surface area contributed by atoms with E-state index in [0.29, 0.717) is 12.2 Å². The Balaban J connectivity index is 1.70. The molecule has 4 rings (SSSR count). The normalized spacial score (nSPS) is 10.7. The molecule has 0 saturated heterocycles. The van der Waals surface area contributed by atoms with Crippen LogP contribution in [0.1, 0.15) is 15.9 Å². The summed E-state index contributed by atoms with van der Waals surface area (Å²) >= 11 is 0. The molecule has 0 atom stereocenters. The first kappa shape index (κ1) is 16.7. The van der Waals surface area contributed by atoms with Gasteiger partial charge in [0, 0.05) is 16.7 Å². The fraction of sp³-hybridized carbons (Fsp3) is 0.0455. The number of carbonyl (C=O) groups excluding carboxylic acids is 1. The van der Waals surface area contributed by atoms with Crippen molar-refractivity contribution in [2.75, 3.05) is 0 Å². The van der Waals surface area contributed by atoms with Crippen LogP contribution in [0.4, 0.5) is 0 Å². The van der Waals surface area contributed by atoms with E-state index in [0.717, 1.165) is 33.2 Å². The van der Waals surface area contributed by atoms with Gasteiger partial charge < -0.3 is 10.5 Å². The number of hydrogen-bond donors (Lipinski definition) is 1. The maximum Gasteiger partial charge on any atom is 0.248 e. The molecule has 0 radical (unpaired) electrons. The second-order valence-electron chi connectivity index (χ2n) is 6.14. The summed E-state index contributed by atoms with van der Waals surface area (Å²) in [5, 5.41) is 10.1. The molecule has 27 heavy (non-hydrogen) atoms. The molecule has 0 spiro atoms. The Morgan fingerprint density at radius 1 is 0.926 bits per heavy atom. The highest BCUT2D eigenvalue weighted by Gasteiger charge is 2.12. The van der Waals surface area contributed by atoms with Crippen molar-refractivity contribution >= 4 is 16.7 Å². The van der Waals surface area contributed by atoms with Gasteiger partial charge in [0.25, 0.3) is 0 Å². The zero-order valence-electron chi connectivity index (χ0n) is 14.5. The first-order valence-electron chi connectivity index (χ1n) is 8.53. The molecule has 4 aromatic rings. The number of nitrogens with two attached hydrogens (primary N) is 1. The number of ether oxygens (including phenoxy) is 1. The average Bonchev–Trinajstić information content (AvgIpc) is 2.72. The fourth-order valence-corrected chi connectivity index (χ4v) is 3.03. The van der Waals surface area contributed by atoms with Crippen LogP contribution in [0.15, 0.2) is 79.1 Å². The molecule has 3 aromatic carbocycles. The largest absolute Gasteiger partial charge is 0.488 e. The Hall–Kier alpha value is -3.73. The van der Waals surface area contributed by atoms with Gasteiger partial charge in [-0.25, -0.2) is 0 Å². The lowest BCUT2D eigenvalue weighted by molar-refractivity contribution is 0.1000. The highest BCUT2D eigenvalue weighted by Crippen LogP contribution is 2.37. The molecule has 5 heteroatoms. The number of hydrogen-bond acceptors (Lipinski definition) is 4. The first-order chi connectivity index (χ1) is 13.2. The molecule has 0 aliphatic heterocycles. The third-order valence-corrected chi connectivity index (χ3v) is 4.40. The minimum atomic E-state index is -0.440. The van der Waals surface area contributed by atoms with E-state index >= 15 is 0 Å². The van der Waals surface area contributed by atoms with Crippen molar-refractivity contribution in [3.8, 4) is 16.9 Å². The van der Waals surface area contributed by atoms with Crippen LogP contribution in [-0.2, 0) is 6.61 Å². The second-order valence-corrected chi connectivity index (χ2v) is 6.14. The molecule has 0 unspecified atom stereocenters. The van der Waals surface area contributed by atoms with Gasteiger partial charge >= 0.3 is 0 Å². The van der Waals surface area contributed by atoms with Crippen LogP contribution in [0.5, 0.6) is 5.75 Å². The van der Waals surface area contributed by atoms with E-state index in [1.54, 1.807) is 24.5 Å². The Bertz CT molecular complexity index is 1090. The van der Waals surface area contributed by atoms with Crippen molar-refractivity contribution < 1.29 is 9.53 Å². The lowest BCUT2D eigenvalue weighted by Crippen LogP contribution is -2.10. The summed E-state index contributed by atoms with van der Waals surface area (Å²) in [6.45, 7) is 0.378. The van der Waals surface area contributed by atoms with Crippen molar-refractivity contribution in [1.29, 1.82) is 0 Å². The lowest BCUT2D eigenvalue weighted by Gasteiger charge is -2.14. The Morgan fingerprint density at radius 3 is 2.48 bits per heavy atom. The number of nitrogens with zero attached hydrogens (tertiary/aromatic N) is 2. The van der Waals surface area contributed by atoms with Crippen LogP contribution >= 0.6 is 0 Å². The number of aromatic nitrogens is 2. The second kappa shape index (κ2) is 7.25. The van der Waals surface area contributed by atoms with Crippen LogP contribution < -0.4 is 10.5 Å². The van der Waals surface area contributed by atoms with Gasteiger partial charge in [-0.3, -0.25) is 4.79 Å². The van der Waals surface area contributed by atoms with Crippen molar-refractivity contribution in [3.63, 3.8) is 0 Å². The quantitative estimate of drug-likeness (QED) is 0.587. The van der Waals surface area contributed by atoms with Crippen LogP contribution in [0.2, 0.25) is 0 Å². The van der Waals surface area contributed by atoms with Gasteiger partial charge in [0.15, 0.2) is 0 Å². The van der Waals surface area contributed by atoms with Crippen molar-refractivity contribution in [1.82, 2.24) is 10.2 Å². The Labute approximate surface area is 156 Å². The van der Waals surface area contributed by atoms with E-state index in [1.807, 2.05) is 42.5 Å². The molecule has 0 aliphatic rings. The number of fused-ring (bicyclic) bond motifs is 1. The molecule has 5 nitrogen and oxygen atoms in total. The molecule has 0 aliphatic carbocycles. The molecule has 0 fully saturated rings. The van der Waals surface area contributed by atoms with Gasteiger partial charge in [0.05, 0.1) is 12.4 Å². The summed E-state index contributed by atoms with van der Waals surface area (Å²) in [6.07, 6.45) is 3.40. The van der Waals surface area contributed by atoms with E-state index in [-0.39, 0.29) is 0 Å². The molecule has 2 N–H and O–H groups in total. The number of rotatable bonds is 5. The highest BCUT2D eigenvalue weighted by atomic mass is 16.5. The molecule has 1 aromatic heterocycles. The summed E-state index contributed by atoms with van der Waals surface area (Å²) in [6, 6.07) is 21.2. The minimum absolute atomic E-state index is 0.378. The number of primary amides is 1.